The second-order valence-electron chi connectivity index (χ2n) is 5.70. The van der Waals surface area contributed by atoms with E-state index in [1.807, 2.05) is 57.2 Å². The molecule has 0 bridgehead atoms. The van der Waals surface area contributed by atoms with Gasteiger partial charge in [0.15, 0.2) is 5.71 Å². The van der Waals surface area contributed by atoms with Crippen LogP contribution in [0.25, 0.3) is 0 Å². The maximum absolute atomic E-state index is 12.3. The number of aryl methyl sites for hydroxylation is 2. The number of benzene rings is 2. The molecule has 0 aromatic heterocycles. The molecular weight excluding hydrogens is 316 g/mol. The predicted octanol–water partition coefficient (Wildman–Crippen LogP) is 3.37. The van der Waals surface area contributed by atoms with E-state index < -0.39 is 0 Å². The minimum atomic E-state index is -0.275. The van der Waals surface area contributed by atoms with Gasteiger partial charge in [-0.05, 0) is 38.0 Å². The molecular formula is C20H24N2O3. The van der Waals surface area contributed by atoms with Crippen LogP contribution in [0.2, 0.25) is 0 Å². The number of carbonyl (C=O) groups excluding carboxylic acids is 1. The van der Waals surface area contributed by atoms with Crippen molar-refractivity contribution in [2.24, 2.45) is 5.16 Å². The molecule has 25 heavy (non-hydrogen) atoms. The van der Waals surface area contributed by atoms with Crippen molar-refractivity contribution in [1.82, 2.24) is 5.32 Å². The quantitative estimate of drug-likeness (QED) is 0.621. The zero-order valence-corrected chi connectivity index (χ0v) is 15.1. The molecule has 1 amide bonds. The Morgan fingerprint density at radius 3 is 2.60 bits per heavy atom. The first-order valence-corrected chi connectivity index (χ1v) is 8.24. The number of amides is 1. The standard InChI is InChI=1S/C20H24N2O3/c1-5-21-20(23)19(22-24-4)17-9-7-6-8-16(17)13-25-18-11-10-14(2)12-15(18)3/h6-12H,5,13H2,1-4H3,(H,21,23)/b22-19+. The summed E-state index contributed by atoms with van der Waals surface area (Å²) in [5.41, 5.74) is 4.07. The van der Waals surface area contributed by atoms with Crippen LogP contribution in [0.5, 0.6) is 5.75 Å². The van der Waals surface area contributed by atoms with E-state index in [4.69, 9.17) is 9.57 Å². The van der Waals surface area contributed by atoms with Crippen LogP contribution in [0.1, 0.15) is 29.2 Å². The smallest absolute Gasteiger partial charge is 0.273 e. The molecule has 0 aliphatic carbocycles. The van der Waals surface area contributed by atoms with Crippen molar-refractivity contribution < 1.29 is 14.4 Å². The highest BCUT2D eigenvalue weighted by molar-refractivity contribution is 6.45. The summed E-state index contributed by atoms with van der Waals surface area (Å²) in [6.07, 6.45) is 0. The lowest BCUT2D eigenvalue weighted by Gasteiger charge is -2.14. The lowest BCUT2D eigenvalue weighted by Crippen LogP contribution is -2.32. The van der Waals surface area contributed by atoms with Gasteiger partial charge in [0.2, 0.25) is 0 Å². The molecule has 0 saturated carbocycles. The average molecular weight is 340 g/mol. The molecule has 0 atom stereocenters. The van der Waals surface area contributed by atoms with Gasteiger partial charge in [-0.15, -0.1) is 0 Å². The third-order valence-electron chi connectivity index (χ3n) is 3.72. The zero-order valence-electron chi connectivity index (χ0n) is 15.1. The van der Waals surface area contributed by atoms with Gasteiger partial charge in [-0.2, -0.15) is 0 Å². The fraction of sp³-hybridized carbons (Fsp3) is 0.300. The van der Waals surface area contributed by atoms with Crippen molar-refractivity contribution in [2.45, 2.75) is 27.4 Å². The summed E-state index contributed by atoms with van der Waals surface area (Å²) in [6, 6.07) is 13.6. The Morgan fingerprint density at radius 1 is 1.16 bits per heavy atom. The van der Waals surface area contributed by atoms with Gasteiger partial charge in [-0.1, -0.05) is 47.1 Å². The Balaban J connectivity index is 2.27. The van der Waals surface area contributed by atoms with Crippen molar-refractivity contribution in [3.63, 3.8) is 0 Å². The Kier molecular flexibility index (Phi) is 6.57. The first-order chi connectivity index (χ1) is 12.1. The van der Waals surface area contributed by atoms with Gasteiger partial charge in [-0.3, -0.25) is 4.79 Å². The normalized spacial score (nSPS) is 11.1. The first-order valence-electron chi connectivity index (χ1n) is 8.24. The number of nitrogens with one attached hydrogen (secondary N) is 1. The van der Waals surface area contributed by atoms with E-state index in [0.717, 1.165) is 16.9 Å². The fourth-order valence-electron chi connectivity index (χ4n) is 2.54. The second-order valence-corrected chi connectivity index (χ2v) is 5.70. The van der Waals surface area contributed by atoms with Gasteiger partial charge in [0.25, 0.3) is 5.91 Å². The molecule has 0 saturated heterocycles. The highest BCUT2D eigenvalue weighted by Crippen LogP contribution is 2.21. The molecule has 132 valence electrons. The van der Waals surface area contributed by atoms with Gasteiger partial charge in [0, 0.05) is 12.1 Å². The van der Waals surface area contributed by atoms with Gasteiger partial charge < -0.3 is 14.9 Å². The lowest BCUT2D eigenvalue weighted by atomic mass is 10.0. The molecule has 5 heteroatoms. The van der Waals surface area contributed by atoms with E-state index in [2.05, 4.69) is 16.5 Å². The zero-order chi connectivity index (χ0) is 18.2. The van der Waals surface area contributed by atoms with Crippen LogP contribution in [-0.4, -0.2) is 25.3 Å². The molecule has 2 aromatic carbocycles. The number of likely N-dealkylation sites (N-methyl/N-ethyl adjacent to an activating group) is 1. The third-order valence-corrected chi connectivity index (χ3v) is 3.72. The molecule has 0 heterocycles. The summed E-state index contributed by atoms with van der Waals surface area (Å²) >= 11 is 0. The number of rotatable bonds is 7. The first kappa shape index (κ1) is 18.5. The summed E-state index contributed by atoms with van der Waals surface area (Å²) in [5, 5.41) is 6.66. The molecule has 0 radical (unpaired) electrons. The van der Waals surface area contributed by atoms with Gasteiger partial charge in [0.1, 0.15) is 19.5 Å². The van der Waals surface area contributed by atoms with Crippen LogP contribution in [0, 0.1) is 13.8 Å². The van der Waals surface area contributed by atoms with Crippen molar-refractivity contribution in [3.05, 3.63) is 64.7 Å². The van der Waals surface area contributed by atoms with Crippen LogP contribution < -0.4 is 10.1 Å². The third kappa shape index (κ3) is 4.83. The van der Waals surface area contributed by atoms with Crippen LogP contribution in [-0.2, 0) is 16.2 Å². The largest absolute Gasteiger partial charge is 0.489 e. The average Bonchev–Trinajstić information content (AvgIpc) is 2.59. The SMILES string of the molecule is CCNC(=O)/C(=N/OC)c1ccccc1COc1ccc(C)cc1C. The van der Waals surface area contributed by atoms with Crippen molar-refractivity contribution in [1.29, 1.82) is 0 Å². The topological polar surface area (TPSA) is 59.9 Å². The van der Waals surface area contributed by atoms with E-state index in [-0.39, 0.29) is 11.6 Å². The molecule has 0 unspecified atom stereocenters. The Bertz CT molecular complexity index is 769. The van der Waals surface area contributed by atoms with Gasteiger partial charge >= 0.3 is 0 Å². The van der Waals surface area contributed by atoms with Crippen LogP contribution in [0.3, 0.4) is 0 Å². The predicted molar refractivity (Wildman–Crippen MR) is 98.9 cm³/mol. The Hall–Kier alpha value is -2.82. The minimum Gasteiger partial charge on any atom is -0.489 e. The highest BCUT2D eigenvalue weighted by atomic mass is 16.6. The van der Waals surface area contributed by atoms with E-state index in [1.54, 1.807) is 0 Å². The number of hydrogen-bond acceptors (Lipinski definition) is 4. The number of carbonyl (C=O) groups is 1. The Labute approximate surface area is 148 Å². The molecule has 2 rings (SSSR count). The maximum Gasteiger partial charge on any atom is 0.273 e. The molecule has 0 aliphatic rings. The summed E-state index contributed by atoms with van der Waals surface area (Å²) in [7, 11) is 1.42. The molecule has 1 N–H and O–H groups in total. The van der Waals surface area contributed by atoms with Crippen LogP contribution in [0.15, 0.2) is 47.6 Å². The molecule has 0 spiro atoms. The second kappa shape index (κ2) is 8.87. The summed E-state index contributed by atoms with van der Waals surface area (Å²) < 4.78 is 5.96. The minimum absolute atomic E-state index is 0.240. The monoisotopic (exact) mass is 340 g/mol. The number of hydrogen-bond donors (Lipinski definition) is 1. The lowest BCUT2D eigenvalue weighted by molar-refractivity contribution is -0.114. The van der Waals surface area contributed by atoms with Crippen LogP contribution >= 0.6 is 0 Å². The number of oxime groups is 1. The Morgan fingerprint density at radius 2 is 1.92 bits per heavy atom. The summed E-state index contributed by atoms with van der Waals surface area (Å²) in [5.74, 6) is 0.548. The van der Waals surface area contributed by atoms with Crippen molar-refractivity contribution in [2.75, 3.05) is 13.7 Å². The van der Waals surface area contributed by atoms with Crippen LogP contribution in [0.4, 0.5) is 0 Å². The number of ether oxygens (including phenoxy) is 1. The van der Waals surface area contributed by atoms with Crippen molar-refractivity contribution in [3.8, 4) is 5.75 Å². The van der Waals surface area contributed by atoms with E-state index in [1.165, 1.54) is 12.7 Å². The highest BCUT2D eigenvalue weighted by Gasteiger charge is 2.18. The van der Waals surface area contributed by atoms with E-state index in [0.29, 0.717) is 18.7 Å². The van der Waals surface area contributed by atoms with E-state index >= 15 is 0 Å². The number of nitrogens with zero attached hydrogens (tertiary/aromatic N) is 1. The molecule has 0 fully saturated rings. The maximum atomic E-state index is 12.3. The molecule has 5 nitrogen and oxygen atoms in total. The summed E-state index contributed by atoms with van der Waals surface area (Å²) in [4.78, 5) is 17.2. The molecule has 2 aromatic rings. The fourth-order valence-corrected chi connectivity index (χ4v) is 2.54. The van der Waals surface area contributed by atoms with Gasteiger partial charge in [0.05, 0.1) is 0 Å². The van der Waals surface area contributed by atoms with Crippen molar-refractivity contribution >= 4 is 11.6 Å². The summed E-state index contributed by atoms with van der Waals surface area (Å²) in [6.45, 7) is 6.77. The molecule has 0 aliphatic heterocycles. The van der Waals surface area contributed by atoms with E-state index in [9.17, 15) is 4.79 Å². The van der Waals surface area contributed by atoms with Gasteiger partial charge in [-0.25, -0.2) is 0 Å².